The predicted octanol–water partition coefficient (Wildman–Crippen LogP) is 1.40. The largest absolute Gasteiger partial charge is 0.396 e. The third kappa shape index (κ3) is 1.58. The van der Waals surface area contributed by atoms with Crippen LogP contribution in [-0.4, -0.2) is 16.7 Å². The van der Waals surface area contributed by atoms with Gasteiger partial charge in [-0.25, -0.2) is 0 Å². The number of hydrogen-bond donors (Lipinski definition) is 2. The molecule has 76 valence electrons. The zero-order valence-electron chi connectivity index (χ0n) is 7.78. The Hall–Kier alpha value is -0.450. The van der Waals surface area contributed by atoms with Gasteiger partial charge in [0.15, 0.2) is 0 Å². The van der Waals surface area contributed by atoms with E-state index in [0.717, 1.165) is 22.9 Å². The molecule has 1 heterocycles. The average molecular weight is 257 g/mol. The van der Waals surface area contributed by atoms with Crippen molar-refractivity contribution in [2.75, 3.05) is 6.61 Å². The lowest BCUT2D eigenvalue weighted by Crippen LogP contribution is -2.29. The highest BCUT2D eigenvalue weighted by atomic mass is 79.9. The minimum atomic E-state index is -0.0752. The molecule has 1 aromatic rings. The van der Waals surface area contributed by atoms with Crippen molar-refractivity contribution < 1.29 is 5.11 Å². The second-order valence-corrected chi connectivity index (χ2v) is 4.55. The van der Waals surface area contributed by atoms with Gasteiger partial charge in [-0.3, -0.25) is 4.98 Å². The molecular weight excluding hydrogens is 244 g/mol. The first-order valence-corrected chi connectivity index (χ1v) is 5.52. The monoisotopic (exact) mass is 256 g/mol. The topological polar surface area (TPSA) is 59.1 Å². The van der Waals surface area contributed by atoms with E-state index in [2.05, 4.69) is 20.9 Å². The van der Waals surface area contributed by atoms with Crippen LogP contribution in [0.1, 0.15) is 23.6 Å². The summed E-state index contributed by atoms with van der Waals surface area (Å²) in [6.45, 7) is 0.160. The van der Waals surface area contributed by atoms with Crippen LogP contribution < -0.4 is 5.73 Å². The highest BCUT2D eigenvalue weighted by molar-refractivity contribution is 9.10. The number of hydrogen-bond acceptors (Lipinski definition) is 3. The maximum absolute atomic E-state index is 9.14. The van der Waals surface area contributed by atoms with Crippen molar-refractivity contribution in [3.63, 3.8) is 0 Å². The Labute approximate surface area is 91.5 Å². The van der Waals surface area contributed by atoms with Crippen molar-refractivity contribution in [3.8, 4) is 0 Å². The Balaban J connectivity index is 2.41. The number of fused-ring (bicyclic) bond motifs is 1. The van der Waals surface area contributed by atoms with Crippen molar-refractivity contribution in [1.82, 2.24) is 4.98 Å². The summed E-state index contributed by atoms with van der Waals surface area (Å²) < 4.78 is 1.03. The molecule has 2 atom stereocenters. The quantitative estimate of drug-likeness (QED) is 0.799. The van der Waals surface area contributed by atoms with E-state index in [-0.39, 0.29) is 18.6 Å². The Morgan fingerprint density at radius 1 is 1.57 bits per heavy atom. The lowest BCUT2D eigenvalue weighted by atomic mass is 9.81. The van der Waals surface area contributed by atoms with Crippen LogP contribution in [0.15, 0.2) is 16.9 Å². The van der Waals surface area contributed by atoms with Crippen molar-refractivity contribution in [1.29, 1.82) is 0 Å². The van der Waals surface area contributed by atoms with E-state index < -0.39 is 0 Å². The summed E-state index contributed by atoms with van der Waals surface area (Å²) in [4.78, 5) is 4.11. The van der Waals surface area contributed by atoms with Gasteiger partial charge in [-0.05, 0) is 39.9 Å². The van der Waals surface area contributed by atoms with Crippen LogP contribution in [0.4, 0.5) is 0 Å². The lowest BCUT2D eigenvalue weighted by Gasteiger charge is -2.29. The van der Waals surface area contributed by atoms with Gasteiger partial charge in [0, 0.05) is 35.4 Å². The van der Waals surface area contributed by atoms with Gasteiger partial charge in [-0.2, -0.15) is 0 Å². The minimum Gasteiger partial charge on any atom is -0.396 e. The SMILES string of the molecule is NC1c2cncc(Br)c2CCC1CO. The second kappa shape index (κ2) is 3.96. The number of aliphatic hydroxyl groups is 1. The van der Waals surface area contributed by atoms with Crippen molar-refractivity contribution in [2.45, 2.75) is 18.9 Å². The summed E-state index contributed by atoms with van der Waals surface area (Å²) in [5.41, 5.74) is 8.37. The molecule has 4 heteroatoms. The van der Waals surface area contributed by atoms with Crippen LogP contribution in [0.3, 0.4) is 0 Å². The van der Waals surface area contributed by atoms with Crippen molar-refractivity contribution >= 4 is 15.9 Å². The first-order valence-electron chi connectivity index (χ1n) is 4.72. The molecule has 0 bridgehead atoms. The normalized spacial score (nSPS) is 25.9. The molecule has 1 aliphatic rings. The zero-order chi connectivity index (χ0) is 10.1. The molecule has 3 N–H and O–H groups in total. The molecule has 1 aromatic heterocycles. The molecule has 0 saturated heterocycles. The van der Waals surface area contributed by atoms with E-state index in [1.54, 1.807) is 6.20 Å². The van der Waals surface area contributed by atoms with Gasteiger partial charge < -0.3 is 10.8 Å². The average Bonchev–Trinajstić information content (AvgIpc) is 2.20. The molecule has 2 unspecified atom stereocenters. The van der Waals surface area contributed by atoms with Gasteiger partial charge in [-0.1, -0.05) is 0 Å². The van der Waals surface area contributed by atoms with Gasteiger partial charge in [0.25, 0.3) is 0 Å². The smallest absolute Gasteiger partial charge is 0.0477 e. The summed E-state index contributed by atoms with van der Waals surface area (Å²) >= 11 is 3.47. The van der Waals surface area contributed by atoms with Crippen LogP contribution >= 0.6 is 15.9 Å². The van der Waals surface area contributed by atoms with Gasteiger partial charge in [0.05, 0.1) is 0 Å². The molecule has 0 aliphatic heterocycles. The van der Waals surface area contributed by atoms with Crippen LogP contribution in [0.5, 0.6) is 0 Å². The second-order valence-electron chi connectivity index (χ2n) is 3.70. The molecule has 0 radical (unpaired) electrons. The summed E-state index contributed by atoms with van der Waals surface area (Å²) in [5.74, 6) is 0.179. The number of halogens is 1. The van der Waals surface area contributed by atoms with Gasteiger partial charge in [0.2, 0.25) is 0 Å². The molecule has 14 heavy (non-hydrogen) atoms. The van der Waals surface area contributed by atoms with Gasteiger partial charge in [-0.15, -0.1) is 0 Å². The summed E-state index contributed by atoms with van der Waals surface area (Å²) in [5, 5.41) is 9.14. The van der Waals surface area contributed by atoms with Crippen LogP contribution in [-0.2, 0) is 6.42 Å². The number of aromatic nitrogens is 1. The van der Waals surface area contributed by atoms with Gasteiger partial charge >= 0.3 is 0 Å². The maximum atomic E-state index is 9.14. The molecule has 0 saturated carbocycles. The fourth-order valence-electron chi connectivity index (χ4n) is 2.00. The fourth-order valence-corrected chi connectivity index (χ4v) is 2.54. The number of nitrogens with two attached hydrogens (primary N) is 1. The predicted molar refractivity (Wildman–Crippen MR) is 57.8 cm³/mol. The van der Waals surface area contributed by atoms with Crippen LogP contribution in [0.2, 0.25) is 0 Å². The summed E-state index contributed by atoms with van der Waals surface area (Å²) in [6, 6.07) is -0.0752. The van der Waals surface area contributed by atoms with Gasteiger partial charge in [0.1, 0.15) is 0 Å². The van der Waals surface area contributed by atoms with Crippen molar-refractivity contribution in [2.24, 2.45) is 11.7 Å². The van der Waals surface area contributed by atoms with E-state index in [1.807, 2.05) is 6.20 Å². The first-order chi connectivity index (χ1) is 6.74. The first kappa shape index (κ1) is 10.1. The zero-order valence-corrected chi connectivity index (χ0v) is 9.37. The van der Waals surface area contributed by atoms with Crippen molar-refractivity contribution in [3.05, 3.63) is 28.0 Å². The fraction of sp³-hybridized carbons (Fsp3) is 0.500. The third-order valence-corrected chi connectivity index (χ3v) is 3.59. The van der Waals surface area contributed by atoms with E-state index >= 15 is 0 Å². The minimum absolute atomic E-state index is 0.0752. The molecule has 1 aliphatic carbocycles. The van der Waals surface area contributed by atoms with Crippen LogP contribution in [0, 0.1) is 5.92 Å². The molecular formula is C10H13BrN2O. The highest BCUT2D eigenvalue weighted by Gasteiger charge is 2.27. The number of pyridine rings is 1. The number of nitrogens with zero attached hydrogens (tertiary/aromatic N) is 1. The highest BCUT2D eigenvalue weighted by Crippen LogP contribution is 2.35. The molecule has 3 nitrogen and oxygen atoms in total. The molecule has 0 aromatic carbocycles. The van der Waals surface area contributed by atoms with E-state index in [0.29, 0.717) is 0 Å². The summed E-state index contributed by atoms with van der Waals surface area (Å²) in [6.07, 6.45) is 5.53. The summed E-state index contributed by atoms with van der Waals surface area (Å²) in [7, 11) is 0. The van der Waals surface area contributed by atoms with E-state index in [9.17, 15) is 0 Å². The number of aliphatic hydroxyl groups excluding tert-OH is 1. The third-order valence-electron chi connectivity index (χ3n) is 2.90. The maximum Gasteiger partial charge on any atom is 0.0477 e. The Morgan fingerprint density at radius 2 is 2.36 bits per heavy atom. The lowest BCUT2D eigenvalue weighted by molar-refractivity contribution is 0.190. The Kier molecular flexibility index (Phi) is 2.85. The standard InChI is InChI=1S/C10H13BrN2O/c11-9-4-13-3-8-7(9)2-1-6(5-14)10(8)12/h3-4,6,10,14H,1-2,5,12H2. The molecule has 2 rings (SSSR count). The van der Waals surface area contributed by atoms with E-state index in [1.165, 1.54) is 5.56 Å². The molecule has 0 fully saturated rings. The number of rotatable bonds is 1. The van der Waals surface area contributed by atoms with E-state index in [4.69, 9.17) is 10.8 Å². The molecule has 0 amide bonds. The van der Waals surface area contributed by atoms with Crippen LogP contribution in [0.25, 0.3) is 0 Å². The Morgan fingerprint density at radius 3 is 3.07 bits per heavy atom. The molecule has 0 spiro atoms. The Bertz CT molecular complexity index is 343.